The number of benzene rings is 2. The summed E-state index contributed by atoms with van der Waals surface area (Å²) in [4.78, 5) is 2.26. The van der Waals surface area contributed by atoms with Gasteiger partial charge in [0.25, 0.3) is 10.0 Å². The van der Waals surface area contributed by atoms with E-state index in [1.54, 1.807) is 24.3 Å². The second-order valence-electron chi connectivity index (χ2n) is 5.00. The predicted molar refractivity (Wildman–Crippen MR) is 103 cm³/mol. The number of hydrazone groups is 1. The highest BCUT2D eigenvalue weighted by Gasteiger charge is 2.13. The number of rotatable bonds is 8. The predicted octanol–water partition coefficient (Wildman–Crippen LogP) is 3.18. The van der Waals surface area contributed by atoms with Gasteiger partial charge in [0.2, 0.25) is 0 Å². The lowest BCUT2D eigenvalue weighted by molar-refractivity contribution is 0.340. The highest BCUT2D eigenvalue weighted by molar-refractivity contribution is 9.10. The lowest BCUT2D eigenvalue weighted by Gasteiger charge is -2.10. The Balaban J connectivity index is 2.15. The molecular formula is C17H19BrN2O5S. The van der Waals surface area contributed by atoms with Crippen molar-refractivity contribution in [1.29, 1.82) is 0 Å². The SMILES string of the molecule is CCOc1ccc(S(=O)(=O)N/N=C/c2cc(Br)c(OC)c(OC)c2)cc1. The van der Waals surface area contributed by atoms with E-state index in [4.69, 9.17) is 14.2 Å². The van der Waals surface area contributed by atoms with Crippen molar-refractivity contribution in [3.05, 3.63) is 46.4 Å². The van der Waals surface area contributed by atoms with Crippen molar-refractivity contribution in [3.63, 3.8) is 0 Å². The third kappa shape index (κ3) is 4.89. The van der Waals surface area contributed by atoms with E-state index in [-0.39, 0.29) is 4.90 Å². The highest BCUT2D eigenvalue weighted by Crippen LogP contribution is 2.35. The summed E-state index contributed by atoms with van der Waals surface area (Å²) >= 11 is 3.37. The molecule has 0 saturated heterocycles. The van der Waals surface area contributed by atoms with Crippen LogP contribution in [-0.2, 0) is 10.0 Å². The molecular weight excluding hydrogens is 424 g/mol. The Morgan fingerprint density at radius 1 is 1.15 bits per heavy atom. The molecule has 9 heteroatoms. The van der Waals surface area contributed by atoms with Crippen molar-refractivity contribution in [3.8, 4) is 17.2 Å². The Labute approximate surface area is 161 Å². The highest BCUT2D eigenvalue weighted by atomic mass is 79.9. The van der Waals surface area contributed by atoms with Gasteiger partial charge in [-0.3, -0.25) is 0 Å². The van der Waals surface area contributed by atoms with Crippen molar-refractivity contribution in [2.75, 3.05) is 20.8 Å². The molecule has 2 aromatic rings. The summed E-state index contributed by atoms with van der Waals surface area (Å²) in [5.41, 5.74) is 0.629. The van der Waals surface area contributed by atoms with Crippen LogP contribution in [0, 0.1) is 0 Å². The van der Waals surface area contributed by atoms with Gasteiger partial charge in [-0.15, -0.1) is 0 Å². The van der Waals surface area contributed by atoms with Crippen molar-refractivity contribution >= 4 is 32.2 Å². The third-order valence-corrected chi connectivity index (χ3v) is 5.12. The number of hydrogen-bond donors (Lipinski definition) is 1. The molecule has 0 spiro atoms. The summed E-state index contributed by atoms with van der Waals surface area (Å²) in [6, 6.07) is 9.50. The van der Waals surface area contributed by atoms with E-state index >= 15 is 0 Å². The fraction of sp³-hybridized carbons (Fsp3) is 0.235. The van der Waals surface area contributed by atoms with E-state index in [1.165, 1.54) is 32.6 Å². The lowest BCUT2D eigenvalue weighted by atomic mass is 10.2. The number of hydrogen-bond acceptors (Lipinski definition) is 6. The molecule has 0 saturated carbocycles. The minimum Gasteiger partial charge on any atom is -0.494 e. The van der Waals surface area contributed by atoms with Crippen LogP contribution in [-0.4, -0.2) is 35.5 Å². The van der Waals surface area contributed by atoms with Crippen LogP contribution in [0.2, 0.25) is 0 Å². The van der Waals surface area contributed by atoms with Crippen molar-refractivity contribution in [1.82, 2.24) is 4.83 Å². The molecule has 140 valence electrons. The third-order valence-electron chi connectivity index (χ3n) is 3.29. The van der Waals surface area contributed by atoms with E-state index in [0.717, 1.165) is 0 Å². The Bertz CT molecular complexity index is 883. The average molecular weight is 443 g/mol. The maximum absolute atomic E-state index is 12.3. The number of methoxy groups -OCH3 is 2. The lowest BCUT2D eigenvalue weighted by Crippen LogP contribution is -2.18. The molecule has 2 rings (SSSR count). The van der Waals surface area contributed by atoms with Crippen LogP contribution in [0.25, 0.3) is 0 Å². The maximum atomic E-state index is 12.3. The smallest absolute Gasteiger partial charge is 0.276 e. The second kappa shape index (κ2) is 8.91. The Kier molecular flexibility index (Phi) is 6.87. The van der Waals surface area contributed by atoms with Gasteiger partial charge in [0, 0.05) is 0 Å². The summed E-state index contributed by atoms with van der Waals surface area (Å²) in [5.74, 6) is 1.64. The summed E-state index contributed by atoms with van der Waals surface area (Å²) in [6.07, 6.45) is 1.37. The zero-order valence-corrected chi connectivity index (χ0v) is 16.9. The molecule has 0 radical (unpaired) electrons. The van der Waals surface area contributed by atoms with Gasteiger partial charge in [0.15, 0.2) is 11.5 Å². The minimum atomic E-state index is -3.77. The van der Waals surface area contributed by atoms with Gasteiger partial charge in [0.05, 0.1) is 36.4 Å². The molecule has 0 atom stereocenters. The zero-order chi connectivity index (χ0) is 19.2. The minimum absolute atomic E-state index is 0.0894. The van der Waals surface area contributed by atoms with Crippen molar-refractivity contribution in [2.45, 2.75) is 11.8 Å². The van der Waals surface area contributed by atoms with E-state index < -0.39 is 10.0 Å². The molecule has 0 amide bonds. The van der Waals surface area contributed by atoms with Crippen LogP contribution in [0.4, 0.5) is 0 Å². The van der Waals surface area contributed by atoms with Crippen molar-refractivity contribution in [2.24, 2.45) is 5.10 Å². The quantitative estimate of drug-likeness (QED) is 0.501. The molecule has 0 bridgehead atoms. The first kappa shape index (κ1) is 20.1. The molecule has 0 unspecified atom stereocenters. The van der Waals surface area contributed by atoms with Crippen molar-refractivity contribution < 1.29 is 22.6 Å². The first-order chi connectivity index (χ1) is 12.4. The van der Waals surface area contributed by atoms with Gasteiger partial charge in [0.1, 0.15) is 5.75 Å². The van der Waals surface area contributed by atoms with E-state index in [0.29, 0.717) is 33.9 Å². The Morgan fingerprint density at radius 3 is 2.42 bits per heavy atom. The molecule has 0 aromatic heterocycles. The average Bonchev–Trinajstić information content (AvgIpc) is 2.62. The van der Waals surface area contributed by atoms with E-state index in [2.05, 4.69) is 25.9 Å². The number of nitrogens with one attached hydrogen (secondary N) is 1. The fourth-order valence-electron chi connectivity index (χ4n) is 2.12. The number of nitrogens with zero attached hydrogens (tertiary/aromatic N) is 1. The van der Waals surface area contributed by atoms with Gasteiger partial charge in [-0.1, -0.05) is 0 Å². The molecule has 0 aliphatic carbocycles. The van der Waals surface area contributed by atoms with Crippen LogP contribution in [0.15, 0.2) is 50.9 Å². The van der Waals surface area contributed by atoms with Crippen LogP contribution >= 0.6 is 15.9 Å². The summed E-state index contributed by atoms with van der Waals surface area (Å²) in [5, 5.41) is 3.81. The summed E-state index contributed by atoms with van der Waals surface area (Å²) in [6.45, 7) is 2.36. The van der Waals surface area contributed by atoms with Gasteiger partial charge in [-0.05, 0) is 64.8 Å². The zero-order valence-electron chi connectivity index (χ0n) is 14.5. The summed E-state index contributed by atoms with van der Waals surface area (Å²) < 4.78 is 40.9. The largest absolute Gasteiger partial charge is 0.494 e. The first-order valence-electron chi connectivity index (χ1n) is 7.60. The molecule has 2 aromatic carbocycles. The van der Waals surface area contributed by atoms with Crippen LogP contribution < -0.4 is 19.0 Å². The van der Waals surface area contributed by atoms with Gasteiger partial charge in [-0.2, -0.15) is 13.5 Å². The van der Waals surface area contributed by atoms with Crippen LogP contribution in [0.1, 0.15) is 12.5 Å². The monoisotopic (exact) mass is 442 g/mol. The Morgan fingerprint density at radius 2 is 1.85 bits per heavy atom. The molecule has 1 N–H and O–H groups in total. The van der Waals surface area contributed by atoms with Crippen LogP contribution in [0.3, 0.4) is 0 Å². The fourth-order valence-corrected chi connectivity index (χ4v) is 3.53. The maximum Gasteiger partial charge on any atom is 0.276 e. The van der Waals surface area contributed by atoms with Crippen LogP contribution in [0.5, 0.6) is 17.2 Å². The molecule has 0 aliphatic heterocycles. The van der Waals surface area contributed by atoms with Gasteiger partial charge in [-0.25, -0.2) is 4.83 Å². The standard InChI is InChI=1S/C17H19BrN2O5S/c1-4-25-13-5-7-14(8-6-13)26(21,22)20-19-11-12-9-15(18)17(24-3)16(10-12)23-2/h5-11,20H,4H2,1-3H3/b19-11+. The number of halogens is 1. The number of ether oxygens (including phenoxy) is 3. The summed E-state index contributed by atoms with van der Waals surface area (Å²) in [7, 11) is -0.729. The molecule has 26 heavy (non-hydrogen) atoms. The normalized spacial score (nSPS) is 11.4. The Hall–Kier alpha value is -2.26. The molecule has 7 nitrogen and oxygen atoms in total. The van der Waals surface area contributed by atoms with E-state index in [9.17, 15) is 8.42 Å². The first-order valence-corrected chi connectivity index (χ1v) is 9.88. The van der Waals surface area contributed by atoms with Gasteiger partial charge >= 0.3 is 0 Å². The molecule has 0 heterocycles. The number of sulfonamides is 1. The van der Waals surface area contributed by atoms with E-state index in [1.807, 2.05) is 6.92 Å². The van der Waals surface area contributed by atoms with Gasteiger partial charge < -0.3 is 14.2 Å². The molecule has 0 aliphatic rings. The molecule has 0 fully saturated rings. The second-order valence-corrected chi connectivity index (χ2v) is 7.51. The topological polar surface area (TPSA) is 86.2 Å².